The van der Waals surface area contributed by atoms with Crippen LogP contribution >= 0.6 is 0 Å². The molecule has 1 heterocycles. The van der Waals surface area contributed by atoms with Gasteiger partial charge < -0.3 is 9.64 Å². The maximum Gasteiger partial charge on any atom is 0.328 e. The zero-order chi connectivity index (χ0) is 22.7. The quantitative estimate of drug-likeness (QED) is 0.496. The average Bonchev–Trinajstić information content (AvgIpc) is 2.96. The number of nitrogens with zero attached hydrogens (tertiary/aromatic N) is 2. The third-order valence-corrected chi connectivity index (χ3v) is 6.09. The molecule has 32 heavy (non-hydrogen) atoms. The average molecular weight is 429 g/mol. The molecule has 1 aliphatic rings. The van der Waals surface area contributed by atoms with Crippen molar-refractivity contribution < 1.29 is 14.3 Å². The minimum atomic E-state index is -0.913. The number of methoxy groups -OCH3 is 1. The Morgan fingerprint density at radius 2 is 1.38 bits per heavy atom. The summed E-state index contributed by atoms with van der Waals surface area (Å²) in [7, 11) is 1.61. The van der Waals surface area contributed by atoms with Crippen molar-refractivity contribution >= 4 is 11.9 Å². The van der Waals surface area contributed by atoms with Crippen molar-refractivity contribution in [3.8, 4) is 5.75 Å². The monoisotopic (exact) mass is 428 g/mol. The van der Waals surface area contributed by atoms with Crippen LogP contribution in [0.3, 0.4) is 0 Å². The number of hydrogen-bond donors (Lipinski definition) is 0. The van der Waals surface area contributed by atoms with Gasteiger partial charge in [0.1, 0.15) is 11.3 Å². The van der Waals surface area contributed by atoms with Crippen molar-refractivity contribution in [1.82, 2.24) is 9.80 Å². The molecular weight excluding hydrogens is 400 g/mol. The molecule has 3 aromatic rings. The molecule has 164 valence electrons. The Kier molecular flexibility index (Phi) is 5.99. The number of imide groups is 1. The first-order valence-electron chi connectivity index (χ1n) is 10.8. The van der Waals surface area contributed by atoms with Gasteiger partial charge in [-0.15, -0.1) is 0 Å². The van der Waals surface area contributed by atoms with Gasteiger partial charge in [0.2, 0.25) is 0 Å². The van der Waals surface area contributed by atoms with E-state index in [1.54, 1.807) is 12.0 Å². The van der Waals surface area contributed by atoms with Crippen LogP contribution in [0.5, 0.6) is 5.75 Å². The largest absolute Gasteiger partial charge is 0.497 e. The molecule has 0 spiro atoms. The lowest BCUT2D eigenvalue weighted by molar-refractivity contribution is -0.132. The fourth-order valence-corrected chi connectivity index (χ4v) is 4.11. The molecule has 5 nitrogen and oxygen atoms in total. The van der Waals surface area contributed by atoms with Crippen molar-refractivity contribution in [2.45, 2.75) is 38.9 Å². The van der Waals surface area contributed by atoms with E-state index in [0.717, 1.165) is 28.9 Å². The van der Waals surface area contributed by atoms with Gasteiger partial charge in [0.05, 0.1) is 13.7 Å². The molecule has 1 saturated heterocycles. The van der Waals surface area contributed by atoms with Crippen molar-refractivity contribution in [2.75, 3.05) is 7.11 Å². The highest BCUT2D eigenvalue weighted by atomic mass is 16.5. The number of ether oxygens (including phenoxy) is 1. The van der Waals surface area contributed by atoms with Crippen LogP contribution in [0.1, 0.15) is 36.1 Å². The van der Waals surface area contributed by atoms with E-state index in [2.05, 4.69) is 18.2 Å². The van der Waals surface area contributed by atoms with E-state index in [1.165, 1.54) is 10.5 Å². The Hall–Kier alpha value is -3.60. The first-order valence-corrected chi connectivity index (χ1v) is 10.8. The minimum absolute atomic E-state index is 0.182. The van der Waals surface area contributed by atoms with Gasteiger partial charge in [-0.25, -0.2) is 4.79 Å². The normalized spacial score (nSPS) is 15.3. The summed E-state index contributed by atoms with van der Waals surface area (Å²) in [5.41, 5.74) is 3.39. The molecular formula is C27H28N2O3. The molecule has 0 radical (unpaired) electrons. The maximum atomic E-state index is 13.3. The summed E-state index contributed by atoms with van der Waals surface area (Å²) in [5.74, 6) is 0.559. The number of hydrogen-bond acceptors (Lipinski definition) is 3. The topological polar surface area (TPSA) is 49.9 Å². The van der Waals surface area contributed by atoms with E-state index in [4.69, 9.17) is 4.74 Å². The Labute approximate surface area is 189 Å². The van der Waals surface area contributed by atoms with E-state index < -0.39 is 5.54 Å². The lowest BCUT2D eigenvalue weighted by Crippen LogP contribution is -2.43. The highest BCUT2D eigenvalue weighted by Crippen LogP contribution is 2.32. The summed E-state index contributed by atoms with van der Waals surface area (Å²) in [6, 6.07) is 25.6. The number of carbonyl (C=O) groups is 2. The third-order valence-electron chi connectivity index (χ3n) is 6.09. The molecule has 1 fully saturated rings. The number of amides is 3. The van der Waals surface area contributed by atoms with E-state index in [0.29, 0.717) is 6.54 Å². The smallest absolute Gasteiger partial charge is 0.328 e. The van der Waals surface area contributed by atoms with Gasteiger partial charge in [-0.05, 0) is 54.7 Å². The Morgan fingerprint density at radius 1 is 0.750 bits per heavy atom. The fraction of sp³-hybridized carbons (Fsp3) is 0.259. The zero-order valence-electron chi connectivity index (χ0n) is 18.7. The molecule has 0 aromatic heterocycles. The minimum Gasteiger partial charge on any atom is -0.497 e. The molecule has 0 saturated carbocycles. The standard InChI is InChI=1S/C27H28N2O3/c1-27(2)25(30)28(18-21-13-15-24(32-3)16-14-21)26(31)29(27)19-23-12-8-7-11-22(23)17-20-9-5-4-6-10-20/h4-16H,17-19H2,1-3H3. The van der Waals surface area contributed by atoms with Crippen molar-refractivity contribution in [1.29, 1.82) is 0 Å². The van der Waals surface area contributed by atoms with Gasteiger partial charge in [-0.2, -0.15) is 0 Å². The Morgan fingerprint density at radius 3 is 2.03 bits per heavy atom. The Balaban J connectivity index is 1.56. The molecule has 0 N–H and O–H groups in total. The maximum absolute atomic E-state index is 13.3. The summed E-state index contributed by atoms with van der Waals surface area (Å²) in [6.07, 6.45) is 0.781. The highest BCUT2D eigenvalue weighted by Gasteiger charge is 2.51. The number of carbonyl (C=O) groups excluding carboxylic acids is 2. The molecule has 0 unspecified atom stereocenters. The molecule has 3 aromatic carbocycles. The first kappa shape index (κ1) is 21.6. The van der Waals surface area contributed by atoms with Crippen molar-refractivity contribution in [3.63, 3.8) is 0 Å². The molecule has 0 aliphatic carbocycles. The lowest BCUT2D eigenvalue weighted by atomic mass is 9.97. The van der Waals surface area contributed by atoms with Crippen LogP contribution in [-0.4, -0.2) is 34.4 Å². The van der Waals surface area contributed by atoms with Crippen molar-refractivity contribution in [3.05, 3.63) is 101 Å². The molecule has 3 amide bonds. The summed E-state index contributed by atoms with van der Waals surface area (Å²) >= 11 is 0. The predicted molar refractivity (Wildman–Crippen MR) is 124 cm³/mol. The van der Waals surface area contributed by atoms with Crippen LogP contribution in [0.15, 0.2) is 78.9 Å². The van der Waals surface area contributed by atoms with Gasteiger partial charge >= 0.3 is 6.03 Å². The van der Waals surface area contributed by atoms with Crippen LogP contribution < -0.4 is 4.74 Å². The van der Waals surface area contributed by atoms with Crippen LogP contribution in [0.2, 0.25) is 0 Å². The van der Waals surface area contributed by atoms with Gasteiger partial charge in [0, 0.05) is 6.54 Å². The van der Waals surface area contributed by atoms with Gasteiger partial charge in [0.15, 0.2) is 0 Å². The third kappa shape index (κ3) is 4.24. The van der Waals surface area contributed by atoms with E-state index in [1.807, 2.05) is 74.5 Å². The van der Waals surface area contributed by atoms with E-state index in [9.17, 15) is 9.59 Å². The summed E-state index contributed by atoms with van der Waals surface area (Å²) in [6.45, 7) is 4.27. The van der Waals surface area contributed by atoms with E-state index >= 15 is 0 Å². The molecule has 4 rings (SSSR count). The van der Waals surface area contributed by atoms with Gasteiger partial charge in [-0.3, -0.25) is 9.69 Å². The van der Waals surface area contributed by atoms with Gasteiger partial charge in [-0.1, -0.05) is 66.7 Å². The molecule has 5 heteroatoms. The second-order valence-corrected chi connectivity index (χ2v) is 8.60. The number of benzene rings is 3. The van der Waals surface area contributed by atoms with Crippen molar-refractivity contribution in [2.24, 2.45) is 0 Å². The summed E-state index contributed by atoms with van der Waals surface area (Å²) in [4.78, 5) is 29.6. The lowest BCUT2D eigenvalue weighted by Gasteiger charge is -2.28. The SMILES string of the molecule is COc1ccc(CN2C(=O)N(Cc3ccccc3Cc3ccccc3)C(C)(C)C2=O)cc1. The van der Waals surface area contributed by atoms with Crippen LogP contribution in [0.4, 0.5) is 4.79 Å². The highest BCUT2D eigenvalue weighted by molar-refractivity contribution is 6.06. The number of urea groups is 1. The van der Waals surface area contributed by atoms with Crippen LogP contribution in [0, 0.1) is 0 Å². The van der Waals surface area contributed by atoms with Crippen LogP contribution in [-0.2, 0) is 24.3 Å². The fourth-order valence-electron chi connectivity index (χ4n) is 4.11. The number of rotatable bonds is 7. The predicted octanol–water partition coefficient (Wildman–Crippen LogP) is 5.03. The second kappa shape index (κ2) is 8.87. The molecule has 1 aliphatic heterocycles. The zero-order valence-corrected chi connectivity index (χ0v) is 18.7. The van der Waals surface area contributed by atoms with Crippen LogP contribution in [0.25, 0.3) is 0 Å². The first-order chi connectivity index (χ1) is 15.4. The summed E-state index contributed by atoms with van der Waals surface area (Å²) < 4.78 is 5.20. The Bertz CT molecular complexity index is 1110. The molecule has 0 bridgehead atoms. The van der Waals surface area contributed by atoms with Gasteiger partial charge in [0.25, 0.3) is 5.91 Å². The molecule has 0 atom stereocenters. The summed E-state index contributed by atoms with van der Waals surface area (Å²) in [5, 5.41) is 0. The second-order valence-electron chi connectivity index (χ2n) is 8.60. The van der Waals surface area contributed by atoms with E-state index in [-0.39, 0.29) is 18.5 Å².